The largest absolute Gasteiger partial charge is 0.396 e. The van der Waals surface area contributed by atoms with Crippen LogP contribution in [-0.2, 0) is 4.79 Å². The standard InChI is InChI=1S/C16H23NO3/c1-11-4-5-13(3)14(8-11)15(19)6-7-16(20)17-9-12(2)10-18/h4-5,8,12,18H,6-7,9-10H2,1-3H3,(H,17,20). The summed E-state index contributed by atoms with van der Waals surface area (Å²) < 4.78 is 0. The lowest BCUT2D eigenvalue weighted by molar-refractivity contribution is -0.121. The highest BCUT2D eigenvalue weighted by Gasteiger charge is 2.12. The highest BCUT2D eigenvalue weighted by molar-refractivity contribution is 5.99. The lowest BCUT2D eigenvalue weighted by Crippen LogP contribution is -2.29. The van der Waals surface area contributed by atoms with E-state index in [1.54, 1.807) is 0 Å². The second kappa shape index (κ2) is 7.80. The van der Waals surface area contributed by atoms with E-state index in [1.165, 1.54) is 0 Å². The average molecular weight is 277 g/mol. The Morgan fingerprint density at radius 1 is 1.25 bits per heavy atom. The van der Waals surface area contributed by atoms with Crippen LogP contribution >= 0.6 is 0 Å². The molecule has 0 saturated carbocycles. The zero-order valence-corrected chi connectivity index (χ0v) is 12.4. The molecule has 0 aliphatic rings. The molecule has 1 aromatic rings. The first-order chi connectivity index (χ1) is 9.43. The summed E-state index contributed by atoms with van der Waals surface area (Å²) in [5.74, 6) is -0.116. The Hall–Kier alpha value is -1.68. The summed E-state index contributed by atoms with van der Waals surface area (Å²) in [4.78, 5) is 23.7. The van der Waals surface area contributed by atoms with Crippen molar-refractivity contribution in [3.8, 4) is 0 Å². The second-order valence-electron chi connectivity index (χ2n) is 5.33. The molecular formula is C16H23NO3. The topological polar surface area (TPSA) is 66.4 Å². The number of hydrogen-bond donors (Lipinski definition) is 2. The number of aryl methyl sites for hydroxylation is 2. The normalized spacial score (nSPS) is 12.0. The van der Waals surface area contributed by atoms with Gasteiger partial charge < -0.3 is 10.4 Å². The number of benzene rings is 1. The molecule has 0 bridgehead atoms. The van der Waals surface area contributed by atoms with E-state index in [2.05, 4.69) is 5.32 Å². The maximum Gasteiger partial charge on any atom is 0.220 e. The number of ketones is 1. The van der Waals surface area contributed by atoms with Crippen LogP contribution in [-0.4, -0.2) is 29.9 Å². The molecule has 1 atom stereocenters. The average Bonchev–Trinajstić information content (AvgIpc) is 2.44. The number of aliphatic hydroxyl groups excluding tert-OH is 1. The summed E-state index contributed by atoms with van der Waals surface area (Å²) in [5.41, 5.74) is 2.68. The van der Waals surface area contributed by atoms with Gasteiger partial charge >= 0.3 is 0 Å². The van der Waals surface area contributed by atoms with E-state index in [-0.39, 0.29) is 37.1 Å². The summed E-state index contributed by atoms with van der Waals surface area (Å²) in [7, 11) is 0. The summed E-state index contributed by atoms with van der Waals surface area (Å²) in [6, 6.07) is 5.75. The van der Waals surface area contributed by atoms with Crippen molar-refractivity contribution in [1.29, 1.82) is 0 Å². The lowest BCUT2D eigenvalue weighted by Gasteiger charge is -2.10. The molecule has 1 aromatic carbocycles. The van der Waals surface area contributed by atoms with Crippen LogP contribution in [0.2, 0.25) is 0 Å². The SMILES string of the molecule is Cc1ccc(C)c(C(=O)CCC(=O)NCC(C)CO)c1. The molecule has 0 aromatic heterocycles. The van der Waals surface area contributed by atoms with Crippen molar-refractivity contribution in [3.63, 3.8) is 0 Å². The molecule has 2 N–H and O–H groups in total. The van der Waals surface area contributed by atoms with Gasteiger partial charge in [0.1, 0.15) is 0 Å². The zero-order chi connectivity index (χ0) is 15.1. The van der Waals surface area contributed by atoms with Crippen LogP contribution < -0.4 is 5.32 Å². The van der Waals surface area contributed by atoms with E-state index in [4.69, 9.17) is 5.11 Å². The van der Waals surface area contributed by atoms with Crippen LogP contribution in [0.15, 0.2) is 18.2 Å². The summed E-state index contributed by atoms with van der Waals surface area (Å²) in [5, 5.41) is 11.6. The smallest absolute Gasteiger partial charge is 0.220 e. The van der Waals surface area contributed by atoms with E-state index in [1.807, 2.05) is 39.0 Å². The van der Waals surface area contributed by atoms with E-state index < -0.39 is 0 Å². The van der Waals surface area contributed by atoms with Crippen molar-refractivity contribution in [1.82, 2.24) is 5.32 Å². The maximum atomic E-state index is 12.1. The maximum absolute atomic E-state index is 12.1. The summed E-state index contributed by atoms with van der Waals surface area (Å²) >= 11 is 0. The van der Waals surface area contributed by atoms with Crippen molar-refractivity contribution < 1.29 is 14.7 Å². The quantitative estimate of drug-likeness (QED) is 0.749. The predicted octanol–water partition coefficient (Wildman–Crippen LogP) is 2.01. The molecule has 0 fully saturated rings. The van der Waals surface area contributed by atoms with Crippen molar-refractivity contribution in [2.24, 2.45) is 5.92 Å². The lowest BCUT2D eigenvalue weighted by atomic mass is 9.99. The van der Waals surface area contributed by atoms with Crippen LogP contribution in [0.4, 0.5) is 0 Å². The third-order valence-electron chi connectivity index (χ3n) is 3.23. The van der Waals surface area contributed by atoms with Gasteiger partial charge in [-0.1, -0.05) is 24.6 Å². The molecule has 20 heavy (non-hydrogen) atoms. The molecule has 0 spiro atoms. The first-order valence-electron chi connectivity index (χ1n) is 6.92. The highest BCUT2D eigenvalue weighted by atomic mass is 16.3. The molecule has 1 unspecified atom stereocenters. The van der Waals surface area contributed by atoms with Gasteiger partial charge in [0.15, 0.2) is 5.78 Å². The fourth-order valence-corrected chi connectivity index (χ4v) is 1.84. The van der Waals surface area contributed by atoms with Gasteiger partial charge in [0.25, 0.3) is 0 Å². The predicted molar refractivity (Wildman–Crippen MR) is 78.7 cm³/mol. The molecule has 0 radical (unpaired) electrons. The van der Waals surface area contributed by atoms with Crippen LogP contribution in [0.3, 0.4) is 0 Å². The summed E-state index contributed by atoms with van der Waals surface area (Å²) in [6.45, 7) is 6.17. The molecule has 0 aliphatic heterocycles. The van der Waals surface area contributed by atoms with E-state index in [0.717, 1.165) is 11.1 Å². The van der Waals surface area contributed by atoms with Crippen molar-refractivity contribution in [2.75, 3.05) is 13.2 Å². The van der Waals surface area contributed by atoms with Gasteiger partial charge in [0.2, 0.25) is 5.91 Å². The first kappa shape index (κ1) is 16.4. The minimum absolute atomic E-state index is 0.00319. The van der Waals surface area contributed by atoms with Crippen LogP contribution in [0, 0.1) is 19.8 Å². The number of rotatable bonds is 7. The van der Waals surface area contributed by atoms with Crippen LogP contribution in [0.25, 0.3) is 0 Å². The minimum atomic E-state index is -0.149. The fourth-order valence-electron chi connectivity index (χ4n) is 1.84. The Morgan fingerprint density at radius 2 is 1.95 bits per heavy atom. The van der Waals surface area contributed by atoms with Gasteiger partial charge in [-0.2, -0.15) is 0 Å². The van der Waals surface area contributed by atoms with Gasteiger partial charge in [-0.15, -0.1) is 0 Å². The number of carbonyl (C=O) groups excluding carboxylic acids is 2. The molecule has 1 rings (SSSR count). The van der Waals surface area contributed by atoms with E-state index in [9.17, 15) is 9.59 Å². The Bertz CT molecular complexity index is 483. The van der Waals surface area contributed by atoms with Gasteiger partial charge in [0, 0.05) is 31.6 Å². The van der Waals surface area contributed by atoms with Crippen LogP contribution in [0.1, 0.15) is 41.3 Å². The Balaban J connectivity index is 2.47. The Labute approximate surface area is 120 Å². The number of aliphatic hydroxyl groups is 1. The Kier molecular flexibility index (Phi) is 6.39. The van der Waals surface area contributed by atoms with Crippen molar-refractivity contribution >= 4 is 11.7 Å². The molecular weight excluding hydrogens is 254 g/mol. The molecule has 1 amide bonds. The van der Waals surface area contributed by atoms with Crippen LogP contribution in [0.5, 0.6) is 0 Å². The Morgan fingerprint density at radius 3 is 2.60 bits per heavy atom. The second-order valence-corrected chi connectivity index (χ2v) is 5.33. The molecule has 0 heterocycles. The molecule has 110 valence electrons. The number of hydrogen-bond acceptors (Lipinski definition) is 3. The highest BCUT2D eigenvalue weighted by Crippen LogP contribution is 2.13. The van der Waals surface area contributed by atoms with Gasteiger partial charge in [-0.25, -0.2) is 0 Å². The number of amides is 1. The third-order valence-corrected chi connectivity index (χ3v) is 3.23. The van der Waals surface area contributed by atoms with Gasteiger partial charge in [-0.05, 0) is 31.4 Å². The van der Waals surface area contributed by atoms with E-state index in [0.29, 0.717) is 12.1 Å². The minimum Gasteiger partial charge on any atom is -0.396 e. The number of carbonyl (C=O) groups is 2. The molecule has 4 heteroatoms. The van der Waals surface area contributed by atoms with E-state index >= 15 is 0 Å². The third kappa shape index (κ3) is 5.13. The fraction of sp³-hybridized carbons (Fsp3) is 0.500. The number of Topliss-reactive ketones (excluding diaryl/α,β-unsaturated/α-hetero) is 1. The first-order valence-corrected chi connectivity index (χ1v) is 6.92. The summed E-state index contributed by atoms with van der Waals surface area (Å²) in [6.07, 6.45) is 0.397. The monoisotopic (exact) mass is 277 g/mol. The van der Waals surface area contributed by atoms with Crippen molar-refractivity contribution in [3.05, 3.63) is 34.9 Å². The number of nitrogens with one attached hydrogen (secondary N) is 1. The molecule has 4 nitrogen and oxygen atoms in total. The van der Waals surface area contributed by atoms with Crippen molar-refractivity contribution in [2.45, 2.75) is 33.6 Å². The molecule has 0 aliphatic carbocycles. The zero-order valence-electron chi connectivity index (χ0n) is 12.4. The molecule has 0 saturated heterocycles. The van der Waals surface area contributed by atoms with Gasteiger partial charge in [-0.3, -0.25) is 9.59 Å². The van der Waals surface area contributed by atoms with Gasteiger partial charge in [0.05, 0.1) is 0 Å².